The molecule has 5 rings (SSSR count). The van der Waals surface area contributed by atoms with E-state index < -0.39 is 0 Å². The van der Waals surface area contributed by atoms with E-state index in [-0.39, 0.29) is 12.0 Å². The minimum Gasteiger partial charge on any atom is -0.450 e. The predicted octanol–water partition coefficient (Wildman–Crippen LogP) is 6.25. The summed E-state index contributed by atoms with van der Waals surface area (Å²) in [4.78, 5) is 33.7. The minimum atomic E-state index is -0.303. The zero-order valence-electron chi connectivity index (χ0n) is 17.9. The van der Waals surface area contributed by atoms with Gasteiger partial charge in [-0.05, 0) is 48.6 Å². The van der Waals surface area contributed by atoms with E-state index in [1.165, 1.54) is 11.3 Å². The second kappa shape index (κ2) is 9.46. The van der Waals surface area contributed by atoms with Gasteiger partial charge < -0.3 is 15.0 Å². The molecule has 4 heterocycles. The van der Waals surface area contributed by atoms with Gasteiger partial charge in [0.2, 0.25) is 5.91 Å². The van der Waals surface area contributed by atoms with Crippen LogP contribution in [0, 0.1) is 0 Å². The van der Waals surface area contributed by atoms with Gasteiger partial charge in [-0.3, -0.25) is 4.79 Å². The van der Waals surface area contributed by atoms with Crippen LogP contribution in [0.1, 0.15) is 22.2 Å². The van der Waals surface area contributed by atoms with Crippen LogP contribution in [0.25, 0.3) is 26.9 Å². The van der Waals surface area contributed by atoms with Gasteiger partial charge in [0.15, 0.2) is 0 Å². The topological polar surface area (TPSA) is 71.5 Å². The van der Waals surface area contributed by atoms with E-state index in [0.717, 1.165) is 41.1 Å². The third kappa shape index (κ3) is 4.57. The zero-order chi connectivity index (χ0) is 22.8. The minimum absolute atomic E-state index is 0.188. The van der Waals surface area contributed by atoms with Gasteiger partial charge in [0.25, 0.3) is 0 Å². The van der Waals surface area contributed by atoms with Crippen molar-refractivity contribution in [2.45, 2.75) is 19.9 Å². The first kappa shape index (κ1) is 21.8. The number of thiazole rings is 1. The van der Waals surface area contributed by atoms with Crippen LogP contribution in [0.3, 0.4) is 0 Å². The molecule has 2 amide bonds. The summed E-state index contributed by atoms with van der Waals surface area (Å²) < 4.78 is 6.30. The zero-order valence-corrected chi connectivity index (χ0v) is 20.3. The number of aromatic nitrogens is 1. The average molecular weight is 496 g/mol. The second-order valence-electron chi connectivity index (χ2n) is 7.40. The summed E-state index contributed by atoms with van der Waals surface area (Å²) in [5.74, 6) is -0.188. The van der Waals surface area contributed by atoms with Crippen molar-refractivity contribution in [1.82, 2.24) is 9.88 Å². The lowest BCUT2D eigenvalue weighted by Crippen LogP contribution is -2.35. The molecule has 1 aliphatic rings. The maximum atomic E-state index is 12.7. The van der Waals surface area contributed by atoms with Gasteiger partial charge in [-0.25, -0.2) is 9.78 Å². The first-order valence-corrected chi connectivity index (χ1v) is 13.1. The summed E-state index contributed by atoms with van der Waals surface area (Å²) in [5.41, 5.74) is 3.06. The fraction of sp³-hybridized carbons (Fsp3) is 0.208. The second-order valence-corrected chi connectivity index (χ2v) is 10.5. The molecule has 9 heteroatoms. The molecule has 33 heavy (non-hydrogen) atoms. The number of hydrogen-bond acceptors (Lipinski definition) is 7. The Morgan fingerprint density at radius 1 is 1.21 bits per heavy atom. The van der Waals surface area contributed by atoms with E-state index >= 15 is 0 Å². The van der Waals surface area contributed by atoms with Gasteiger partial charge in [0, 0.05) is 27.9 Å². The number of thiophene rings is 2. The summed E-state index contributed by atoms with van der Waals surface area (Å²) in [6, 6.07) is 12.0. The van der Waals surface area contributed by atoms with Crippen molar-refractivity contribution in [3.63, 3.8) is 0 Å². The molecule has 4 aromatic rings. The van der Waals surface area contributed by atoms with Crippen LogP contribution < -0.4 is 5.32 Å². The number of carbonyl (C=O) groups excluding carboxylic acids is 2. The number of amides is 2. The molecule has 3 aromatic heterocycles. The number of anilines is 1. The van der Waals surface area contributed by atoms with Crippen molar-refractivity contribution < 1.29 is 14.3 Å². The van der Waals surface area contributed by atoms with Crippen molar-refractivity contribution in [2.75, 3.05) is 18.5 Å². The first-order valence-electron chi connectivity index (χ1n) is 10.6. The summed E-state index contributed by atoms with van der Waals surface area (Å²) in [6.07, 6.45) is 3.75. The molecule has 1 N–H and O–H groups in total. The first-order chi connectivity index (χ1) is 16.1. The van der Waals surface area contributed by atoms with E-state index in [1.807, 2.05) is 41.8 Å². The van der Waals surface area contributed by atoms with Gasteiger partial charge in [-0.2, -0.15) is 0 Å². The van der Waals surface area contributed by atoms with E-state index in [0.29, 0.717) is 26.1 Å². The van der Waals surface area contributed by atoms with Crippen LogP contribution >= 0.6 is 34.0 Å². The van der Waals surface area contributed by atoms with Crippen LogP contribution in [-0.2, 0) is 22.5 Å². The molecule has 0 fully saturated rings. The highest BCUT2D eigenvalue weighted by molar-refractivity contribution is 7.23. The van der Waals surface area contributed by atoms with E-state index in [2.05, 4.69) is 11.4 Å². The molecule has 6 nitrogen and oxygen atoms in total. The highest BCUT2D eigenvalue weighted by Gasteiger charge is 2.29. The largest absolute Gasteiger partial charge is 0.450 e. The predicted molar refractivity (Wildman–Crippen MR) is 136 cm³/mol. The van der Waals surface area contributed by atoms with E-state index in [4.69, 9.17) is 9.72 Å². The standard InChI is InChI=1S/C24H21N3O3S3/c1-2-30-24(29)27-12-11-16-19(14-27)33-23(26-20(28)10-9-15-6-5-13-31-15)21(16)22-25-17-7-3-4-8-18(17)32-22/h3-10,13H,2,11-12,14H2,1H3,(H,26,28)/b10-9+. The number of fused-ring (bicyclic) bond motifs is 2. The van der Waals surface area contributed by atoms with Gasteiger partial charge in [0.1, 0.15) is 10.0 Å². The molecule has 0 saturated carbocycles. The lowest BCUT2D eigenvalue weighted by atomic mass is 10.0. The number of nitrogens with zero attached hydrogens (tertiary/aromatic N) is 2. The maximum absolute atomic E-state index is 12.7. The molecule has 0 aliphatic carbocycles. The molecular weight excluding hydrogens is 474 g/mol. The monoisotopic (exact) mass is 495 g/mol. The van der Waals surface area contributed by atoms with Gasteiger partial charge >= 0.3 is 6.09 Å². The molecule has 0 bridgehead atoms. The van der Waals surface area contributed by atoms with Crippen LogP contribution in [-0.4, -0.2) is 35.0 Å². The molecule has 0 radical (unpaired) electrons. The highest BCUT2D eigenvalue weighted by atomic mass is 32.1. The lowest BCUT2D eigenvalue weighted by Gasteiger charge is -2.26. The third-order valence-corrected chi connectivity index (χ3v) is 8.29. The van der Waals surface area contributed by atoms with Gasteiger partial charge in [-0.15, -0.1) is 34.0 Å². The number of hydrogen-bond donors (Lipinski definition) is 1. The number of rotatable bonds is 5. The summed E-state index contributed by atoms with van der Waals surface area (Å²) in [7, 11) is 0. The third-order valence-electron chi connectivity index (χ3n) is 5.27. The molecular formula is C24H21N3O3S3. The molecule has 1 aromatic carbocycles. The quantitative estimate of drug-likeness (QED) is 0.332. The van der Waals surface area contributed by atoms with Crippen molar-refractivity contribution >= 4 is 67.3 Å². The van der Waals surface area contributed by atoms with Crippen molar-refractivity contribution in [1.29, 1.82) is 0 Å². The number of para-hydroxylation sites is 1. The molecule has 0 unspecified atom stereocenters. The molecule has 0 spiro atoms. The van der Waals surface area contributed by atoms with E-state index in [9.17, 15) is 9.59 Å². The van der Waals surface area contributed by atoms with E-state index in [1.54, 1.807) is 40.6 Å². The van der Waals surface area contributed by atoms with Gasteiger partial charge in [-0.1, -0.05) is 18.2 Å². The number of carbonyl (C=O) groups is 2. The van der Waals surface area contributed by atoms with Gasteiger partial charge in [0.05, 0.1) is 23.4 Å². The fourth-order valence-corrected chi connectivity index (χ4v) is 6.76. The average Bonchev–Trinajstić information content (AvgIpc) is 3.55. The summed E-state index contributed by atoms with van der Waals surface area (Å²) >= 11 is 4.71. The Hall–Kier alpha value is -3.01. The Balaban J connectivity index is 1.50. The normalized spacial score (nSPS) is 13.4. The highest BCUT2D eigenvalue weighted by Crippen LogP contribution is 2.45. The van der Waals surface area contributed by atoms with Crippen LogP contribution in [0.5, 0.6) is 0 Å². The van der Waals surface area contributed by atoms with Crippen molar-refractivity contribution in [3.05, 3.63) is 63.2 Å². The smallest absolute Gasteiger partial charge is 0.410 e. The Morgan fingerprint density at radius 2 is 2.09 bits per heavy atom. The number of ether oxygens (including phenoxy) is 1. The summed E-state index contributed by atoms with van der Waals surface area (Å²) in [5, 5.41) is 6.70. The lowest BCUT2D eigenvalue weighted by molar-refractivity contribution is -0.111. The summed E-state index contributed by atoms with van der Waals surface area (Å²) in [6.45, 7) is 3.20. The number of nitrogens with one attached hydrogen (secondary N) is 1. The SMILES string of the molecule is CCOC(=O)N1CCc2c(sc(NC(=O)/C=C/c3cccs3)c2-c2nc3ccccc3s2)C1. The van der Waals surface area contributed by atoms with Crippen LogP contribution in [0.4, 0.5) is 9.80 Å². The maximum Gasteiger partial charge on any atom is 0.410 e. The Kier molecular flexibility index (Phi) is 6.26. The molecule has 168 valence electrons. The van der Waals surface area contributed by atoms with Crippen LogP contribution in [0.15, 0.2) is 47.9 Å². The Bertz CT molecular complexity index is 1300. The Labute approximate surface area is 203 Å². The van der Waals surface area contributed by atoms with Crippen molar-refractivity contribution in [3.8, 4) is 10.6 Å². The fourth-order valence-electron chi connectivity index (χ4n) is 3.77. The Morgan fingerprint density at radius 3 is 2.88 bits per heavy atom. The molecule has 0 atom stereocenters. The molecule has 0 saturated heterocycles. The van der Waals surface area contributed by atoms with Crippen LogP contribution in [0.2, 0.25) is 0 Å². The molecule has 1 aliphatic heterocycles. The number of benzene rings is 1. The van der Waals surface area contributed by atoms with Crippen molar-refractivity contribution in [2.24, 2.45) is 0 Å².